The van der Waals surface area contributed by atoms with Crippen molar-refractivity contribution in [3.8, 4) is 11.6 Å². The van der Waals surface area contributed by atoms with Crippen molar-refractivity contribution in [2.24, 2.45) is 0 Å². The zero-order valence-electron chi connectivity index (χ0n) is 24.8. The van der Waals surface area contributed by atoms with Crippen LogP contribution in [0, 0.1) is 11.6 Å². The molecule has 0 radical (unpaired) electrons. The molecule has 1 saturated heterocycles. The average molecular weight is 624 g/mol. The van der Waals surface area contributed by atoms with Gasteiger partial charge in [0.25, 0.3) is 5.91 Å². The lowest BCUT2D eigenvalue weighted by atomic mass is 10.1. The zero-order valence-corrected chi connectivity index (χ0v) is 24.8. The quantitative estimate of drug-likeness (QED) is 0.354. The summed E-state index contributed by atoms with van der Waals surface area (Å²) in [4.78, 5) is 65.3. The third-order valence-electron chi connectivity index (χ3n) is 6.18. The summed E-state index contributed by atoms with van der Waals surface area (Å²) >= 11 is 0. The maximum atomic E-state index is 13.9. The predicted octanol–water partition coefficient (Wildman–Crippen LogP) is 2.13. The number of halogens is 2. The highest BCUT2D eigenvalue weighted by molar-refractivity contribution is 5.96. The number of piperazine rings is 1. The van der Waals surface area contributed by atoms with Crippen LogP contribution < -0.4 is 10.1 Å². The average Bonchev–Trinajstić information content (AvgIpc) is 3.39. The molecule has 44 heavy (non-hydrogen) atoms. The van der Waals surface area contributed by atoms with Gasteiger partial charge in [0.05, 0.1) is 12.3 Å². The molecule has 2 heterocycles. The van der Waals surface area contributed by atoms with Crippen molar-refractivity contribution in [3.05, 3.63) is 41.6 Å². The normalized spacial score (nSPS) is 14.0. The third kappa shape index (κ3) is 9.37. The number of hydrogen-bond donors (Lipinski definition) is 2. The van der Waals surface area contributed by atoms with Gasteiger partial charge in [0, 0.05) is 44.7 Å². The van der Waals surface area contributed by atoms with Crippen LogP contribution in [0.1, 0.15) is 51.0 Å². The van der Waals surface area contributed by atoms with E-state index in [1.165, 1.54) is 9.80 Å². The number of nitrogens with one attached hydrogen (secondary N) is 1. The van der Waals surface area contributed by atoms with Crippen LogP contribution in [0.2, 0.25) is 0 Å². The van der Waals surface area contributed by atoms with Crippen molar-refractivity contribution in [2.75, 3.05) is 39.4 Å². The van der Waals surface area contributed by atoms with Gasteiger partial charge < -0.3 is 34.4 Å². The number of carboxylic acids is 1. The topological polar surface area (TPSA) is 170 Å². The minimum Gasteiger partial charge on any atom is -0.479 e. The number of carbonyl (C=O) groups excluding carboxylic acids is 4. The van der Waals surface area contributed by atoms with Gasteiger partial charge in [-0.3, -0.25) is 14.4 Å². The van der Waals surface area contributed by atoms with Crippen molar-refractivity contribution in [3.63, 3.8) is 0 Å². The summed E-state index contributed by atoms with van der Waals surface area (Å²) in [5, 5.41) is 15.7. The molecule has 1 aliphatic heterocycles. The van der Waals surface area contributed by atoms with E-state index >= 15 is 0 Å². The van der Waals surface area contributed by atoms with Gasteiger partial charge in [0.1, 0.15) is 11.6 Å². The van der Waals surface area contributed by atoms with Crippen LogP contribution in [-0.4, -0.2) is 106 Å². The Kier molecular flexibility index (Phi) is 11.2. The van der Waals surface area contributed by atoms with Gasteiger partial charge in [0.2, 0.25) is 11.8 Å². The fourth-order valence-corrected chi connectivity index (χ4v) is 4.20. The number of rotatable bonds is 11. The van der Waals surface area contributed by atoms with Gasteiger partial charge in [-0.15, -0.1) is 0 Å². The van der Waals surface area contributed by atoms with Crippen LogP contribution in [0.4, 0.5) is 13.6 Å². The fourth-order valence-electron chi connectivity index (χ4n) is 4.20. The molecule has 1 aromatic heterocycles. The molecule has 2 N–H and O–H groups in total. The number of amides is 3. The molecule has 1 atom stereocenters. The van der Waals surface area contributed by atoms with Crippen LogP contribution in [0.3, 0.4) is 0 Å². The zero-order chi connectivity index (χ0) is 32.6. The smallest absolute Gasteiger partial charge is 0.409 e. The van der Waals surface area contributed by atoms with Crippen LogP contribution in [0.15, 0.2) is 24.3 Å². The summed E-state index contributed by atoms with van der Waals surface area (Å²) < 4.78 is 43.9. The molecule has 16 heteroatoms. The molecule has 1 aliphatic rings. The molecular formula is C28H35F2N5O9. The fraction of sp³-hybridized carbons (Fsp3) is 0.500. The molecule has 0 aliphatic carbocycles. The first kappa shape index (κ1) is 33.7. The van der Waals surface area contributed by atoms with Gasteiger partial charge in [-0.1, -0.05) is 0 Å². The third-order valence-corrected chi connectivity index (χ3v) is 6.18. The van der Waals surface area contributed by atoms with Crippen LogP contribution >= 0.6 is 0 Å². The Balaban J connectivity index is 1.84. The van der Waals surface area contributed by atoms with E-state index in [-0.39, 0.29) is 62.9 Å². The highest BCUT2D eigenvalue weighted by atomic mass is 19.2. The number of hydrogen-bond acceptors (Lipinski definition) is 9. The largest absolute Gasteiger partial charge is 0.479 e. The maximum absolute atomic E-state index is 13.9. The van der Waals surface area contributed by atoms with Crippen molar-refractivity contribution < 1.29 is 52.1 Å². The van der Waals surface area contributed by atoms with Crippen molar-refractivity contribution in [1.82, 2.24) is 24.9 Å². The second-order valence-corrected chi connectivity index (χ2v) is 10.7. The maximum Gasteiger partial charge on any atom is 0.409 e. The van der Waals surface area contributed by atoms with Gasteiger partial charge in [-0.05, 0) is 46.2 Å². The molecule has 0 spiro atoms. The summed E-state index contributed by atoms with van der Waals surface area (Å²) in [6.45, 7) is 6.79. The van der Waals surface area contributed by atoms with Gasteiger partial charge in [-0.2, -0.15) is 5.10 Å². The number of aromatic nitrogens is 2. The molecule has 1 fully saturated rings. The number of carbonyl (C=O) groups is 5. The Bertz CT molecular complexity index is 1380. The Morgan fingerprint density at radius 1 is 1.02 bits per heavy atom. The predicted molar refractivity (Wildman–Crippen MR) is 148 cm³/mol. The summed E-state index contributed by atoms with van der Waals surface area (Å²) in [5.41, 5.74) is -1.18. The molecule has 3 rings (SSSR count). The SMILES string of the molecule is CCOC(=O)N1CCN(C(=O)C(CCC(=O)OC(C)(C)C)NC(=O)c2cc(OCC(=O)O)n(-c3ccc(F)c(F)c3)n2)CC1. The molecule has 0 bridgehead atoms. The first-order valence-corrected chi connectivity index (χ1v) is 13.8. The molecule has 1 aromatic carbocycles. The van der Waals surface area contributed by atoms with Gasteiger partial charge in [-0.25, -0.2) is 23.1 Å². The first-order chi connectivity index (χ1) is 20.7. The molecule has 0 saturated carbocycles. The van der Waals surface area contributed by atoms with E-state index in [0.29, 0.717) is 0 Å². The molecular weight excluding hydrogens is 588 g/mol. The molecule has 14 nitrogen and oxygen atoms in total. The van der Waals surface area contributed by atoms with E-state index in [2.05, 4.69) is 10.4 Å². The van der Waals surface area contributed by atoms with E-state index < -0.39 is 59.7 Å². The number of nitrogens with zero attached hydrogens (tertiary/aromatic N) is 4. The summed E-state index contributed by atoms with van der Waals surface area (Å²) in [6.07, 6.45) is -0.858. The number of benzene rings is 1. The van der Waals surface area contributed by atoms with Gasteiger partial charge >= 0.3 is 18.0 Å². The summed E-state index contributed by atoms with van der Waals surface area (Å²) in [7, 11) is 0. The number of esters is 1. The Morgan fingerprint density at radius 3 is 2.27 bits per heavy atom. The van der Waals surface area contributed by atoms with E-state index in [1.54, 1.807) is 27.7 Å². The minimum atomic E-state index is -1.34. The standard InChI is InChI=1S/C28H35F2N5O9/c1-5-42-27(41)34-12-10-33(11-13-34)26(40)20(8-9-24(38)44-28(2,3)4)31-25(39)21-15-22(43-16-23(36)37)35(32-21)17-6-7-18(29)19(30)14-17/h6-7,14-15,20H,5,8-13,16H2,1-4H3,(H,31,39)(H,36,37). The van der Waals surface area contributed by atoms with Crippen LogP contribution in [0.5, 0.6) is 5.88 Å². The second-order valence-electron chi connectivity index (χ2n) is 10.7. The highest BCUT2D eigenvalue weighted by Gasteiger charge is 2.32. The minimum absolute atomic E-state index is 0.0691. The Labute approximate surface area is 251 Å². The number of ether oxygens (including phenoxy) is 3. The molecule has 2 aromatic rings. The molecule has 3 amide bonds. The molecule has 240 valence electrons. The Hall–Kier alpha value is -4.76. The van der Waals surface area contributed by atoms with Crippen LogP contribution in [0.25, 0.3) is 5.69 Å². The van der Waals surface area contributed by atoms with Crippen molar-refractivity contribution >= 4 is 29.8 Å². The monoisotopic (exact) mass is 623 g/mol. The number of aliphatic carboxylic acids is 1. The summed E-state index contributed by atoms with van der Waals surface area (Å²) in [5.74, 6) is -5.97. The lowest BCUT2D eigenvalue weighted by Crippen LogP contribution is -2.56. The van der Waals surface area contributed by atoms with Crippen LogP contribution in [-0.2, 0) is 23.9 Å². The van der Waals surface area contributed by atoms with Gasteiger partial charge in [0.15, 0.2) is 23.9 Å². The highest BCUT2D eigenvalue weighted by Crippen LogP contribution is 2.22. The first-order valence-electron chi connectivity index (χ1n) is 13.8. The summed E-state index contributed by atoms with van der Waals surface area (Å²) in [6, 6.07) is 2.60. The number of carboxylic acid groups (broad SMARTS) is 1. The van der Waals surface area contributed by atoms with E-state index in [0.717, 1.165) is 28.9 Å². The van der Waals surface area contributed by atoms with Crippen molar-refractivity contribution in [2.45, 2.75) is 52.2 Å². The lowest BCUT2D eigenvalue weighted by Gasteiger charge is -2.36. The van der Waals surface area contributed by atoms with E-state index in [1.807, 2.05) is 0 Å². The van der Waals surface area contributed by atoms with E-state index in [9.17, 15) is 32.8 Å². The second kappa shape index (κ2) is 14.6. The Morgan fingerprint density at radius 2 is 1.68 bits per heavy atom. The molecule has 1 unspecified atom stereocenters. The lowest BCUT2D eigenvalue weighted by molar-refractivity contribution is -0.155. The van der Waals surface area contributed by atoms with E-state index in [4.69, 9.17) is 19.3 Å². The van der Waals surface area contributed by atoms with Crippen molar-refractivity contribution in [1.29, 1.82) is 0 Å².